The second-order valence-corrected chi connectivity index (χ2v) is 3.94. The summed E-state index contributed by atoms with van der Waals surface area (Å²) < 4.78 is 15.9. The van der Waals surface area contributed by atoms with E-state index in [1.54, 1.807) is 14.0 Å². The van der Waals surface area contributed by atoms with E-state index < -0.39 is 6.10 Å². The van der Waals surface area contributed by atoms with Crippen LogP contribution in [0.5, 0.6) is 11.5 Å². The third kappa shape index (κ3) is 2.28. The molecule has 1 aliphatic heterocycles. The molecule has 1 aromatic rings. The Balaban J connectivity index is 2.35. The minimum Gasteiger partial charge on any atom is -0.496 e. The Labute approximate surface area is 94.8 Å². The maximum Gasteiger partial charge on any atom is 0.189 e. The fourth-order valence-electron chi connectivity index (χ4n) is 1.82. The summed E-state index contributed by atoms with van der Waals surface area (Å²) in [5.41, 5.74) is 1.94. The summed E-state index contributed by atoms with van der Waals surface area (Å²) in [7, 11) is 1.62. The Kier molecular flexibility index (Phi) is 3.31. The van der Waals surface area contributed by atoms with Gasteiger partial charge in [-0.15, -0.1) is 0 Å². The lowest BCUT2D eigenvalue weighted by molar-refractivity contribution is -0.0165. The van der Waals surface area contributed by atoms with Crippen LogP contribution in [-0.2, 0) is 17.8 Å². The second kappa shape index (κ2) is 4.72. The van der Waals surface area contributed by atoms with Gasteiger partial charge in [-0.2, -0.15) is 0 Å². The molecule has 0 bridgehead atoms. The fraction of sp³-hybridized carbons (Fsp3) is 0.500. The molecule has 1 heterocycles. The highest BCUT2D eigenvalue weighted by Crippen LogP contribution is 2.32. The standard InChI is InChI=1S/C12H16O4/c1-8(13)3-9-4-12-10(5-11(9)14-2)6-15-7-16-12/h4-5,8,13H,3,6-7H2,1-2H3. The van der Waals surface area contributed by atoms with Gasteiger partial charge >= 0.3 is 0 Å². The first kappa shape index (κ1) is 11.2. The number of hydrogen-bond donors (Lipinski definition) is 1. The van der Waals surface area contributed by atoms with E-state index in [9.17, 15) is 5.11 Å². The van der Waals surface area contributed by atoms with Gasteiger partial charge in [-0.1, -0.05) is 0 Å². The summed E-state index contributed by atoms with van der Waals surface area (Å²) in [5.74, 6) is 1.59. The topological polar surface area (TPSA) is 47.9 Å². The van der Waals surface area contributed by atoms with Crippen molar-refractivity contribution < 1.29 is 19.3 Å². The zero-order valence-electron chi connectivity index (χ0n) is 9.53. The molecule has 16 heavy (non-hydrogen) atoms. The van der Waals surface area contributed by atoms with Crippen LogP contribution < -0.4 is 9.47 Å². The molecule has 0 spiro atoms. The zero-order chi connectivity index (χ0) is 11.5. The van der Waals surface area contributed by atoms with E-state index >= 15 is 0 Å². The van der Waals surface area contributed by atoms with Crippen LogP contribution in [0.3, 0.4) is 0 Å². The Hall–Kier alpha value is -1.26. The summed E-state index contributed by atoms with van der Waals surface area (Å²) in [4.78, 5) is 0. The van der Waals surface area contributed by atoms with Gasteiger partial charge in [-0.05, 0) is 19.1 Å². The van der Waals surface area contributed by atoms with Gasteiger partial charge in [0.25, 0.3) is 0 Å². The fourth-order valence-corrected chi connectivity index (χ4v) is 1.82. The summed E-state index contributed by atoms with van der Waals surface area (Å²) in [6.07, 6.45) is 0.160. The molecule has 1 N–H and O–H groups in total. The number of fused-ring (bicyclic) bond motifs is 1. The van der Waals surface area contributed by atoms with Crippen LogP contribution in [0.4, 0.5) is 0 Å². The van der Waals surface area contributed by atoms with Crippen LogP contribution in [-0.4, -0.2) is 25.1 Å². The van der Waals surface area contributed by atoms with Crippen molar-refractivity contribution in [2.45, 2.75) is 26.1 Å². The van der Waals surface area contributed by atoms with E-state index in [-0.39, 0.29) is 6.79 Å². The molecule has 1 unspecified atom stereocenters. The lowest BCUT2D eigenvalue weighted by Gasteiger charge is -2.20. The number of methoxy groups -OCH3 is 1. The number of aliphatic hydroxyl groups is 1. The van der Waals surface area contributed by atoms with Gasteiger partial charge in [0, 0.05) is 17.5 Å². The van der Waals surface area contributed by atoms with Crippen LogP contribution in [0.1, 0.15) is 18.1 Å². The van der Waals surface area contributed by atoms with Gasteiger partial charge < -0.3 is 19.3 Å². The smallest absolute Gasteiger partial charge is 0.189 e. The van der Waals surface area contributed by atoms with Crippen molar-refractivity contribution in [2.75, 3.05) is 13.9 Å². The predicted octanol–water partition coefficient (Wildman–Crippen LogP) is 1.48. The van der Waals surface area contributed by atoms with Crippen LogP contribution >= 0.6 is 0 Å². The van der Waals surface area contributed by atoms with Gasteiger partial charge in [0.05, 0.1) is 19.8 Å². The number of rotatable bonds is 3. The van der Waals surface area contributed by atoms with E-state index in [1.165, 1.54) is 0 Å². The largest absolute Gasteiger partial charge is 0.496 e. The van der Waals surface area contributed by atoms with E-state index in [2.05, 4.69) is 0 Å². The van der Waals surface area contributed by atoms with E-state index in [0.717, 1.165) is 22.6 Å². The van der Waals surface area contributed by atoms with Crippen LogP contribution in [0.2, 0.25) is 0 Å². The third-order valence-corrected chi connectivity index (χ3v) is 2.53. The van der Waals surface area contributed by atoms with E-state index in [4.69, 9.17) is 14.2 Å². The van der Waals surface area contributed by atoms with E-state index in [1.807, 2.05) is 12.1 Å². The minimum absolute atomic E-state index is 0.285. The summed E-state index contributed by atoms with van der Waals surface area (Å²) in [6, 6.07) is 3.83. The van der Waals surface area contributed by atoms with Crippen LogP contribution in [0, 0.1) is 0 Å². The highest BCUT2D eigenvalue weighted by molar-refractivity contribution is 5.47. The summed E-state index contributed by atoms with van der Waals surface area (Å²) in [5, 5.41) is 9.41. The maximum atomic E-state index is 9.41. The maximum absolute atomic E-state index is 9.41. The van der Waals surface area contributed by atoms with Crippen molar-refractivity contribution >= 4 is 0 Å². The number of hydrogen-bond acceptors (Lipinski definition) is 4. The van der Waals surface area contributed by atoms with Gasteiger partial charge in [-0.25, -0.2) is 0 Å². The van der Waals surface area contributed by atoms with Crippen molar-refractivity contribution in [3.63, 3.8) is 0 Å². The molecule has 0 saturated heterocycles. The molecule has 4 nitrogen and oxygen atoms in total. The molecule has 1 aromatic carbocycles. The van der Waals surface area contributed by atoms with Crippen molar-refractivity contribution in [3.8, 4) is 11.5 Å². The molecule has 0 saturated carbocycles. The molecule has 0 amide bonds. The normalized spacial score (nSPS) is 16.2. The third-order valence-electron chi connectivity index (χ3n) is 2.53. The molecular weight excluding hydrogens is 208 g/mol. The number of aliphatic hydroxyl groups excluding tert-OH is 1. The molecule has 4 heteroatoms. The highest BCUT2D eigenvalue weighted by atomic mass is 16.7. The monoisotopic (exact) mass is 224 g/mol. The van der Waals surface area contributed by atoms with Crippen LogP contribution in [0.15, 0.2) is 12.1 Å². The minimum atomic E-state index is -0.396. The first-order valence-corrected chi connectivity index (χ1v) is 5.29. The molecule has 1 aliphatic rings. The van der Waals surface area contributed by atoms with Crippen molar-refractivity contribution in [2.24, 2.45) is 0 Å². The van der Waals surface area contributed by atoms with E-state index in [0.29, 0.717) is 13.0 Å². The number of benzene rings is 1. The Bertz CT molecular complexity index is 374. The Morgan fingerprint density at radius 1 is 1.50 bits per heavy atom. The molecule has 0 aliphatic carbocycles. The average Bonchev–Trinajstić information content (AvgIpc) is 2.27. The van der Waals surface area contributed by atoms with Crippen molar-refractivity contribution in [1.29, 1.82) is 0 Å². The first-order valence-electron chi connectivity index (χ1n) is 5.29. The van der Waals surface area contributed by atoms with Gasteiger partial charge in [0.15, 0.2) is 6.79 Å². The lowest BCUT2D eigenvalue weighted by Crippen LogP contribution is -2.13. The molecule has 2 rings (SSSR count). The molecule has 1 atom stereocenters. The second-order valence-electron chi connectivity index (χ2n) is 3.94. The summed E-state index contributed by atoms with van der Waals surface area (Å²) in [6.45, 7) is 2.58. The van der Waals surface area contributed by atoms with Crippen molar-refractivity contribution in [1.82, 2.24) is 0 Å². The quantitative estimate of drug-likeness (QED) is 0.845. The van der Waals surface area contributed by atoms with Gasteiger partial charge in [-0.3, -0.25) is 0 Å². The zero-order valence-corrected chi connectivity index (χ0v) is 9.53. The molecule has 0 aromatic heterocycles. The molecule has 88 valence electrons. The molecular formula is C12H16O4. The van der Waals surface area contributed by atoms with Gasteiger partial charge in [0.2, 0.25) is 0 Å². The van der Waals surface area contributed by atoms with Crippen molar-refractivity contribution in [3.05, 3.63) is 23.3 Å². The SMILES string of the molecule is COc1cc2c(cc1CC(C)O)OCOC2. The summed E-state index contributed by atoms with van der Waals surface area (Å²) >= 11 is 0. The number of ether oxygens (including phenoxy) is 3. The molecule has 0 radical (unpaired) electrons. The highest BCUT2D eigenvalue weighted by Gasteiger charge is 2.16. The van der Waals surface area contributed by atoms with Crippen LogP contribution in [0.25, 0.3) is 0 Å². The average molecular weight is 224 g/mol. The first-order chi connectivity index (χ1) is 7.70. The molecule has 0 fully saturated rings. The lowest BCUT2D eigenvalue weighted by atomic mass is 10.0. The van der Waals surface area contributed by atoms with Gasteiger partial charge in [0.1, 0.15) is 11.5 Å². The Morgan fingerprint density at radius 2 is 2.31 bits per heavy atom. The Morgan fingerprint density at radius 3 is 3.00 bits per heavy atom. The predicted molar refractivity (Wildman–Crippen MR) is 58.7 cm³/mol.